The molecule has 2 atom stereocenters. The normalized spacial score (nSPS) is 27.9. The van der Waals surface area contributed by atoms with Crippen LogP contribution in [0.2, 0.25) is 0 Å². The van der Waals surface area contributed by atoms with E-state index in [9.17, 15) is 4.79 Å². The SMILES string of the molecule is COCCN1C(=O)C2CCC1CN(Cc1cc(C3CCCCC3)no1)C2. The summed E-state index contributed by atoms with van der Waals surface area (Å²) in [6.45, 7) is 3.84. The Labute approximate surface area is 155 Å². The molecule has 2 bridgehead atoms. The Morgan fingerprint density at radius 1 is 1.15 bits per heavy atom. The molecule has 3 aliphatic heterocycles. The Kier molecular flexibility index (Phi) is 5.60. The average Bonchev–Trinajstić information content (AvgIpc) is 2.97. The number of hydrogen-bond acceptors (Lipinski definition) is 5. The van der Waals surface area contributed by atoms with Crippen LogP contribution in [0.3, 0.4) is 0 Å². The smallest absolute Gasteiger partial charge is 0.227 e. The molecule has 6 nitrogen and oxygen atoms in total. The zero-order valence-corrected chi connectivity index (χ0v) is 15.9. The second kappa shape index (κ2) is 8.09. The van der Waals surface area contributed by atoms with E-state index in [1.807, 2.05) is 4.90 Å². The minimum atomic E-state index is 0.117. The Balaban J connectivity index is 1.40. The fraction of sp³-hybridized carbons (Fsp3) is 0.800. The maximum absolute atomic E-state index is 12.7. The van der Waals surface area contributed by atoms with Crippen molar-refractivity contribution in [3.8, 4) is 0 Å². The third-order valence-corrected chi connectivity index (χ3v) is 6.39. The van der Waals surface area contributed by atoms with E-state index in [4.69, 9.17) is 9.26 Å². The number of carbonyl (C=O) groups excluding carboxylic acids is 1. The van der Waals surface area contributed by atoms with Gasteiger partial charge in [0.15, 0.2) is 5.76 Å². The molecule has 4 fully saturated rings. The molecule has 1 aromatic heterocycles. The molecule has 1 aliphatic carbocycles. The number of aromatic nitrogens is 1. The Bertz CT molecular complexity index is 611. The molecule has 4 heterocycles. The first kappa shape index (κ1) is 18.0. The van der Waals surface area contributed by atoms with Crippen molar-refractivity contribution < 1.29 is 14.1 Å². The molecular formula is C20H31N3O3. The molecule has 3 saturated heterocycles. The van der Waals surface area contributed by atoms with Gasteiger partial charge in [-0.1, -0.05) is 24.4 Å². The van der Waals surface area contributed by atoms with Crippen molar-refractivity contribution in [2.24, 2.45) is 5.92 Å². The fourth-order valence-electron chi connectivity index (χ4n) is 4.96. The van der Waals surface area contributed by atoms with E-state index in [2.05, 4.69) is 16.1 Å². The van der Waals surface area contributed by atoms with Gasteiger partial charge in [0.05, 0.1) is 24.8 Å². The lowest BCUT2D eigenvalue weighted by Gasteiger charge is -2.35. The summed E-state index contributed by atoms with van der Waals surface area (Å²) >= 11 is 0. The van der Waals surface area contributed by atoms with Crippen LogP contribution >= 0.6 is 0 Å². The maximum Gasteiger partial charge on any atom is 0.227 e. The predicted molar refractivity (Wildman–Crippen MR) is 97.7 cm³/mol. The highest BCUT2D eigenvalue weighted by Crippen LogP contribution is 2.33. The topological polar surface area (TPSA) is 58.8 Å². The van der Waals surface area contributed by atoms with Gasteiger partial charge in [-0.25, -0.2) is 0 Å². The zero-order valence-electron chi connectivity index (χ0n) is 15.9. The van der Waals surface area contributed by atoms with Crippen molar-refractivity contribution in [2.45, 2.75) is 63.5 Å². The lowest BCUT2D eigenvalue weighted by Crippen LogP contribution is -2.49. The molecule has 1 aromatic rings. The number of hydrogen-bond donors (Lipinski definition) is 0. The van der Waals surface area contributed by atoms with Crippen LogP contribution in [0.4, 0.5) is 0 Å². The Hall–Kier alpha value is -1.40. The second-order valence-corrected chi connectivity index (χ2v) is 8.20. The molecule has 26 heavy (non-hydrogen) atoms. The number of methoxy groups -OCH3 is 1. The van der Waals surface area contributed by atoms with Crippen molar-refractivity contribution in [1.82, 2.24) is 15.0 Å². The first-order valence-corrected chi connectivity index (χ1v) is 10.2. The van der Waals surface area contributed by atoms with Crippen LogP contribution in [-0.2, 0) is 16.1 Å². The zero-order chi connectivity index (χ0) is 17.9. The number of amides is 1. The molecule has 2 unspecified atom stereocenters. The van der Waals surface area contributed by atoms with Gasteiger partial charge < -0.3 is 14.2 Å². The van der Waals surface area contributed by atoms with Crippen LogP contribution in [0.25, 0.3) is 0 Å². The summed E-state index contributed by atoms with van der Waals surface area (Å²) in [4.78, 5) is 17.2. The quantitative estimate of drug-likeness (QED) is 0.780. The van der Waals surface area contributed by atoms with Crippen molar-refractivity contribution in [2.75, 3.05) is 33.4 Å². The average molecular weight is 361 g/mol. The molecule has 0 radical (unpaired) electrons. The summed E-state index contributed by atoms with van der Waals surface area (Å²) in [6.07, 6.45) is 8.55. The number of fused-ring (bicyclic) bond motifs is 4. The van der Waals surface area contributed by atoms with Gasteiger partial charge in [0.2, 0.25) is 5.91 Å². The third kappa shape index (κ3) is 3.81. The largest absolute Gasteiger partial charge is 0.383 e. The summed E-state index contributed by atoms with van der Waals surface area (Å²) in [5.74, 6) is 1.95. The lowest BCUT2D eigenvalue weighted by molar-refractivity contribution is -0.140. The van der Waals surface area contributed by atoms with E-state index in [0.29, 0.717) is 31.0 Å². The van der Waals surface area contributed by atoms with Gasteiger partial charge >= 0.3 is 0 Å². The van der Waals surface area contributed by atoms with Gasteiger partial charge in [0.25, 0.3) is 0 Å². The highest BCUT2D eigenvalue weighted by atomic mass is 16.5. The minimum Gasteiger partial charge on any atom is -0.383 e. The molecule has 5 rings (SSSR count). The van der Waals surface area contributed by atoms with E-state index >= 15 is 0 Å². The van der Waals surface area contributed by atoms with Crippen LogP contribution in [0.5, 0.6) is 0 Å². The standard InChI is InChI=1S/C20H31N3O3/c1-25-10-9-23-17-8-7-16(20(23)24)12-22(13-17)14-18-11-19(21-26-18)15-5-3-2-4-6-15/h11,15-17H,2-10,12-14H2,1H3. The monoisotopic (exact) mass is 361 g/mol. The number of ether oxygens (including phenoxy) is 1. The van der Waals surface area contributed by atoms with Crippen LogP contribution < -0.4 is 0 Å². The molecule has 144 valence electrons. The van der Waals surface area contributed by atoms with Crippen LogP contribution in [0, 0.1) is 5.92 Å². The van der Waals surface area contributed by atoms with E-state index in [-0.39, 0.29) is 5.92 Å². The fourth-order valence-corrected chi connectivity index (χ4v) is 4.96. The highest BCUT2D eigenvalue weighted by molar-refractivity contribution is 5.80. The van der Waals surface area contributed by atoms with Gasteiger partial charge in [-0.05, 0) is 25.7 Å². The lowest BCUT2D eigenvalue weighted by atomic mass is 9.87. The summed E-state index contributed by atoms with van der Waals surface area (Å²) in [5.41, 5.74) is 1.13. The van der Waals surface area contributed by atoms with Crippen molar-refractivity contribution in [1.29, 1.82) is 0 Å². The molecular weight excluding hydrogens is 330 g/mol. The minimum absolute atomic E-state index is 0.117. The summed E-state index contributed by atoms with van der Waals surface area (Å²) in [6, 6.07) is 2.46. The van der Waals surface area contributed by atoms with Crippen LogP contribution in [0.1, 0.15) is 62.3 Å². The molecule has 4 aliphatic rings. The summed E-state index contributed by atoms with van der Waals surface area (Å²) < 4.78 is 10.9. The number of rotatable bonds is 6. The molecule has 6 heteroatoms. The summed E-state index contributed by atoms with van der Waals surface area (Å²) in [7, 11) is 1.70. The van der Waals surface area contributed by atoms with Gasteiger partial charge in [0, 0.05) is 44.8 Å². The summed E-state index contributed by atoms with van der Waals surface area (Å²) in [5, 5.41) is 4.36. The Morgan fingerprint density at radius 2 is 2.00 bits per heavy atom. The maximum atomic E-state index is 12.7. The molecule has 1 saturated carbocycles. The number of nitrogens with zero attached hydrogens (tertiary/aromatic N) is 3. The van der Waals surface area contributed by atoms with Gasteiger partial charge in [-0.3, -0.25) is 9.69 Å². The first-order chi connectivity index (χ1) is 12.7. The van der Waals surface area contributed by atoms with Gasteiger partial charge in [0.1, 0.15) is 0 Å². The highest BCUT2D eigenvalue weighted by Gasteiger charge is 2.40. The molecule has 1 amide bonds. The molecule has 0 spiro atoms. The van der Waals surface area contributed by atoms with Crippen LogP contribution in [0.15, 0.2) is 10.6 Å². The van der Waals surface area contributed by atoms with Crippen LogP contribution in [-0.4, -0.2) is 60.3 Å². The number of carbonyl (C=O) groups is 1. The van der Waals surface area contributed by atoms with Gasteiger partial charge in [-0.2, -0.15) is 0 Å². The van der Waals surface area contributed by atoms with Crippen molar-refractivity contribution in [3.05, 3.63) is 17.5 Å². The van der Waals surface area contributed by atoms with E-state index in [1.165, 1.54) is 32.1 Å². The van der Waals surface area contributed by atoms with E-state index in [0.717, 1.165) is 43.9 Å². The first-order valence-electron chi connectivity index (χ1n) is 10.2. The second-order valence-electron chi connectivity index (χ2n) is 8.20. The molecule has 0 N–H and O–H groups in total. The third-order valence-electron chi connectivity index (χ3n) is 6.39. The number of piperidine rings is 1. The van der Waals surface area contributed by atoms with Crippen molar-refractivity contribution >= 4 is 5.91 Å². The van der Waals surface area contributed by atoms with Crippen molar-refractivity contribution in [3.63, 3.8) is 0 Å². The van der Waals surface area contributed by atoms with E-state index < -0.39 is 0 Å². The van der Waals surface area contributed by atoms with Gasteiger partial charge in [-0.15, -0.1) is 0 Å². The molecule has 0 aromatic carbocycles. The Morgan fingerprint density at radius 3 is 2.81 bits per heavy atom. The van der Waals surface area contributed by atoms with E-state index in [1.54, 1.807) is 7.11 Å². The predicted octanol–water partition coefficient (Wildman–Crippen LogP) is 2.79.